The van der Waals surface area contributed by atoms with Crippen LogP contribution in [0.3, 0.4) is 0 Å². The number of hydrogen-bond acceptors (Lipinski definition) is 3. The third-order valence-corrected chi connectivity index (χ3v) is 1.25. The van der Waals surface area contributed by atoms with Gasteiger partial charge in [0.2, 0.25) is 5.79 Å². The predicted molar refractivity (Wildman–Crippen MR) is 47.8 cm³/mol. The zero-order chi connectivity index (χ0) is 9.19. The Labute approximate surface area is 71.8 Å². The molecule has 1 aromatic rings. The van der Waals surface area contributed by atoms with Crippen molar-refractivity contribution < 1.29 is 9.84 Å². The molecule has 0 aliphatic heterocycles. The topological polar surface area (TPSA) is 55.5 Å². The molecule has 0 unspecified atom stereocenters. The fraction of sp³-hybridized carbons (Fsp3) is 0.333. The first-order chi connectivity index (χ1) is 5.47. The van der Waals surface area contributed by atoms with Crippen LogP contribution in [0.5, 0.6) is 5.75 Å². The van der Waals surface area contributed by atoms with Crippen LogP contribution >= 0.6 is 0 Å². The summed E-state index contributed by atoms with van der Waals surface area (Å²) in [7, 11) is 0. The molecule has 66 valence electrons. The summed E-state index contributed by atoms with van der Waals surface area (Å²) < 4.78 is 5.16. The molecule has 0 spiro atoms. The molecule has 0 fully saturated rings. The maximum atomic E-state index is 9.29. The molecule has 0 aromatic heterocycles. The van der Waals surface area contributed by atoms with Gasteiger partial charge in [-0.15, -0.1) is 0 Å². The Hall–Kier alpha value is -1.22. The van der Waals surface area contributed by atoms with Gasteiger partial charge >= 0.3 is 0 Å². The molecular weight excluding hydrogens is 154 g/mol. The van der Waals surface area contributed by atoms with E-state index in [0.29, 0.717) is 11.4 Å². The molecule has 0 heterocycles. The van der Waals surface area contributed by atoms with Crippen LogP contribution in [0.4, 0.5) is 5.69 Å². The molecule has 1 rings (SSSR count). The summed E-state index contributed by atoms with van der Waals surface area (Å²) in [4.78, 5) is 0. The normalized spacial score (nSPS) is 11.2. The maximum Gasteiger partial charge on any atom is 0.202 e. The summed E-state index contributed by atoms with van der Waals surface area (Å²) in [5.74, 6) is -0.535. The monoisotopic (exact) mass is 167 g/mol. The van der Waals surface area contributed by atoms with E-state index in [1.807, 2.05) is 0 Å². The molecule has 3 N–H and O–H groups in total. The Morgan fingerprint density at radius 3 is 2.17 bits per heavy atom. The number of benzene rings is 1. The third-order valence-electron chi connectivity index (χ3n) is 1.25. The molecule has 0 aliphatic carbocycles. The third kappa shape index (κ3) is 2.80. The quantitative estimate of drug-likeness (QED) is 0.516. The number of aliphatic hydroxyl groups is 1. The highest BCUT2D eigenvalue weighted by atomic mass is 16.6. The second-order valence-electron chi connectivity index (χ2n) is 3.12. The standard InChI is InChI=1S/C9H13NO2/c1-9(2,11)12-8-5-3-7(10)4-6-8/h3-6,11H,10H2,1-2H3. The molecule has 3 nitrogen and oxygen atoms in total. The van der Waals surface area contributed by atoms with Crippen molar-refractivity contribution in [1.82, 2.24) is 0 Å². The van der Waals surface area contributed by atoms with Crippen molar-refractivity contribution in [2.24, 2.45) is 0 Å². The van der Waals surface area contributed by atoms with E-state index in [1.165, 1.54) is 0 Å². The largest absolute Gasteiger partial charge is 0.463 e. The van der Waals surface area contributed by atoms with Crippen LogP contribution in [0.2, 0.25) is 0 Å². The highest BCUT2D eigenvalue weighted by Crippen LogP contribution is 2.17. The van der Waals surface area contributed by atoms with Crippen molar-refractivity contribution in [2.45, 2.75) is 19.6 Å². The minimum Gasteiger partial charge on any atom is -0.463 e. The molecule has 0 aliphatic rings. The van der Waals surface area contributed by atoms with E-state index in [1.54, 1.807) is 38.1 Å². The number of nitrogen functional groups attached to an aromatic ring is 1. The molecule has 12 heavy (non-hydrogen) atoms. The fourth-order valence-electron chi connectivity index (χ4n) is 0.824. The van der Waals surface area contributed by atoms with E-state index in [2.05, 4.69) is 0 Å². The summed E-state index contributed by atoms with van der Waals surface area (Å²) in [6, 6.07) is 6.88. The lowest BCUT2D eigenvalue weighted by Crippen LogP contribution is -2.26. The van der Waals surface area contributed by atoms with E-state index in [9.17, 15) is 5.11 Å². The first-order valence-corrected chi connectivity index (χ1v) is 3.74. The van der Waals surface area contributed by atoms with Crippen LogP contribution in [-0.4, -0.2) is 10.9 Å². The van der Waals surface area contributed by atoms with Gasteiger partial charge in [-0.25, -0.2) is 0 Å². The number of ether oxygens (including phenoxy) is 1. The van der Waals surface area contributed by atoms with E-state index in [0.717, 1.165) is 0 Å². The Morgan fingerprint density at radius 1 is 1.25 bits per heavy atom. The van der Waals surface area contributed by atoms with Gasteiger partial charge in [0.15, 0.2) is 0 Å². The summed E-state index contributed by atoms with van der Waals surface area (Å²) in [6.45, 7) is 3.15. The lowest BCUT2D eigenvalue weighted by atomic mass is 10.3. The first-order valence-electron chi connectivity index (χ1n) is 3.74. The van der Waals surface area contributed by atoms with Gasteiger partial charge in [0.1, 0.15) is 5.75 Å². The van der Waals surface area contributed by atoms with E-state index < -0.39 is 5.79 Å². The zero-order valence-electron chi connectivity index (χ0n) is 7.24. The van der Waals surface area contributed by atoms with Gasteiger partial charge in [0, 0.05) is 19.5 Å². The van der Waals surface area contributed by atoms with Gasteiger partial charge in [0.05, 0.1) is 0 Å². The summed E-state index contributed by atoms with van der Waals surface area (Å²) >= 11 is 0. The van der Waals surface area contributed by atoms with E-state index in [4.69, 9.17) is 10.5 Å². The highest BCUT2D eigenvalue weighted by molar-refractivity contribution is 5.41. The van der Waals surface area contributed by atoms with Gasteiger partial charge < -0.3 is 15.6 Å². The lowest BCUT2D eigenvalue weighted by molar-refractivity contribution is -0.104. The molecule has 3 heteroatoms. The molecule has 0 amide bonds. The number of rotatable bonds is 2. The van der Waals surface area contributed by atoms with Crippen LogP contribution in [0.1, 0.15) is 13.8 Å². The smallest absolute Gasteiger partial charge is 0.202 e. The second-order valence-corrected chi connectivity index (χ2v) is 3.12. The minimum atomic E-state index is -1.14. The van der Waals surface area contributed by atoms with Crippen LogP contribution in [0, 0.1) is 0 Å². The summed E-state index contributed by atoms with van der Waals surface area (Å²) in [5, 5.41) is 9.29. The highest BCUT2D eigenvalue weighted by Gasteiger charge is 2.13. The van der Waals surface area contributed by atoms with Crippen LogP contribution in [0.25, 0.3) is 0 Å². The molecule has 0 saturated heterocycles. The molecule has 0 radical (unpaired) electrons. The average molecular weight is 167 g/mol. The van der Waals surface area contributed by atoms with Crippen LogP contribution in [0.15, 0.2) is 24.3 Å². The number of nitrogens with two attached hydrogens (primary N) is 1. The summed E-state index contributed by atoms with van der Waals surface area (Å²) in [5.41, 5.74) is 6.15. The second kappa shape index (κ2) is 3.03. The molecular formula is C9H13NO2. The first kappa shape index (κ1) is 8.87. The van der Waals surface area contributed by atoms with Crippen molar-refractivity contribution in [3.05, 3.63) is 24.3 Å². The number of hydrogen-bond donors (Lipinski definition) is 2. The Bertz CT molecular complexity index is 248. The van der Waals surface area contributed by atoms with Gasteiger partial charge in [-0.1, -0.05) is 0 Å². The van der Waals surface area contributed by atoms with Crippen molar-refractivity contribution in [1.29, 1.82) is 0 Å². The SMILES string of the molecule is CC(C)(O)Oc1ccc(N)cc1. The van der Waals surface area contributed by atoms with E-state index >= 15 is 0 Å². The fourth-order valence-corrected chi connectivity index (χ4v) is 0.824. The van der Waals surface area contributed by atoms with Crippen molar-refractivity contribution in [2.75, 3.05) is 5.73 Å². The van der Waals surface area contributed by atoms with Gasteiger partial charge in [-0.3, -0.25) is 0 Å². The van der Waals surface area contributed by atoms with Crippen LogP contribution in [-0.2, 0) is 0 Å². The van der Waals surface area contributed by atoms with Crippen molar-refractivity contribution in [3.63, 3.8) is 0 Å². The lowest BCUT2D eigenvalue weighted by Gasteiger charge is -2.19. The molecule has 0 bridgehead atoms. The molecule has 1 aromatic carbocycles. The van der Waals surface area contributed by atoms with Crippen molar-refractivity contribution >= 4 is 5.69 Å². The van der Waals surface area contributed by atoms with Crippen molar-refractivity contribution in [3.8, 4) is 5.75 Å². The van der Waals surface area contributed by atoms with Gasteiger partial charge in [-0.2, -0.15) is 0 Å². The maximum absolute atomic E-state index is 9.29. The Morgan fingerprint density at radius 2 is 1.75 bits per heavy atom. The average Bonchev–Trinajstić information content (AvgIpc) is 1.91. The van der Waals surface area contributed by atoms with Crippen LogP contribution < -0.4 is 10.5 Å². The van der Waals surface area contributed by atoms with Gasteiger partial charge in [-0.05, 0) is 24.3 Å². The zero-order valence-corrected chi connectivity index (χ0v) is 7.24. The molecule has 0 atom stereocenters. The molecule has 0 saturated carbocycles. The predicted octanol–water partition coefficient (Wildman–Crippen LogP) is 1.38. The number of anilines is 1. The summed E-state index contributed by atoms with van der Waals surface area (Å²) in [6.07, 6.45) is 0. The van der Waals surface area contributed by atoms with Gasteiger partial charge in [0.25, 0.3) is 0 Å². The Kier molecular flexibility index (Phi) is 2.24. The minimum absolute atomic E-state index is 0.608. The van der Waals surface area contributed by atoms with E-state index in [-0.39, 0.29) is 0 Å². The Balaban J connectivity index is 2.71.